The number of ether oxygens (including phenoxy) is 1. The number of para-hydroxylation sites is 1. The smallest absolute Gasteiger partial charge is 0.295 e. The Labute approximate surface area is 128 Å². The predicted molar refractivity (Wildman–Crippen MR) is 84.3 cm³/mol. The Morgan fingerprint density at radius 2 is 2.23 bits per heavy atom. The maximum atomic E-state index is 11.2. The summed E-state index contributed by atoms with van der Waals surface area (Å²) in [6.07, 6.45) is -0.641. The summed E-state index contributed by atoms with van der Waals surface area (Å²) < 4.78 is 4.92. The third-order valence-corrected chi connectivity index (χ3v) is 3.38. The van der Waals surface area contributed by atoms with Crippen molar-refractivity contribution in [1.82, 2.24) is 4.98 Å². The molecule has 2 rings (SSSR count). The van der Waals surface area contributed by atoms with Crippen LogP contribution in [0.3, 0.4) is 0 Å². The molecule has 2 aromatic rings. The van der Waals surface area contributed by atoms with Gasteiger partial charge in [0.1, 0.15) is 0 Å². The van der Waals surface area contributed by atoms with E-state index in [1.54, 1.807) is 19.1 Å². The van der Waals surface area contributed by atoms with Crippen molar-refractivity contribution in [1.29, 1.82) is 0 Å². The van der Waals surface area contributed by atoms with Crippen LogP contribution in [-0.4, -0.2) is 48.4 Å². The summed E-state index contributed by atoms with van der Waals surface area (Å²) in [7, 11) is 3.35. The fraction of sp³-hybridized carbons (Fsp3) is 0.400. The lowest BCUT2D eigenvalue weighted by Crippen LogP contribution is -2.32. The van der Waals surface area contributed by atoms with Crippen molar-refractivity contribution in [2.45, 2.75) is 13.0 Å². The van der Waals surface area contributed by atoms with Gasteiger partial charge in [0.2, 0.25) is 0 Å². The van der Waals surface area contributed by atoms with Crippen molar-refractivity contribution in [2.24, 2.45) is 0 Å². The summed E-state index contributed by atoms with van der Waals surface area (Å²) >= 11 is 0. The molecular formula is C15H19N3O4. The number of nitro groups is 1. The van der Waals surface area contributed by atoms with Crippen LogP contribution < -0.4 is 4.90 Å². The lowest BCUT2D eigenvalue weighted by molar-refractivity contribution is -0.383. The monoisotopic (exact) mass is 305 g/mol. The molecule has 0 aliphatic heterocycles. The largest absolute Gasteiger partial charge is 0.389 e. The van der Waals surface area contributed by atoms with E-state index >= 15 is 0 Å². The Bertz CT molecular complexity index is 690. The maximum absolute atomic E-state index is 11.2. The zero-order chi connectivity index (χ0) is 16.3. The first kappa shape index (κ1) is 16.1. The molecule has 1 N–H and O–H groups in total. The molecule has 0 fully saturated rings. The third kappa shape index (κ3) is 3.32. The van der Waals surface area contributed by atoms with Crippen molar-refractivity contribution in [3.63, 3.8) is 0 Å². The maximum Gasteiger partial charge on any atom is 0.295 e. The van der Waals surface area contributed by atoms with Gasteiger partial charge in [0.25, 0.3) is 5.69 Å². The number of benzene rings is 1. The van der Waals surface area contributed by atoms with Crippen molar-refractivity contribution in [3.8, 4) is 0 Å². The number of rotatable bonds is 6. The number of non-ortho nitro benzene ring substituents is 1. The van der Waals surface area contributed by atoms with Crippen LogP contribution in [-0.2, 0) is 4.74 Å². The summed E-state index contributed by atoms with van der Waals surface area (Å²) in [5.74, 6) is 0. The number of aliphatic hydroxyl groups is 1. The van der Waals surface area contributed by atoms with Crippen molar-refractivity contribution in [3.05, 3.63) is 40.1 Å². The number of aryl methyl sites for hydroxylation is 1. The molecule has 0 radical (unpaired) electrons. The van der Waals surface area contributed by atoms with Gasteiger partial charge >= 0.3 is 0 Å². The molecule has 0 bridgehead atoms. The van der Waals surface area contributed by atoms with E-state index in [2.05, 4.69) is 4.98 Å². The Hall–Kier alpha value is -2.25. The number of nitrogens with zero attached hydrogens (tertiary/aromatic N) is 3. The van der Waals surface area contributed by atoms with Gasteiger partial charge in [-0.3, -0.25) is 10.1 Å². The zero-order valence-corrected chi connectivity index (χ0v) is 12.8. The zero-order valence-electron chi connectivity index (χ0n) is 12.8. The second kappa shape index (κ2) is 6.67. The normalized spacial score (nSPS) is 12.4. The molecule has 1 heterocycles. The predicted octanol–water partition coefficient (Wildman–Crippen LogP) is 1.89. The summed E-state index contributed by atoms with van der Waals surface area (Å²) in [4.78, 5) is 16.9. The van der Waals surface area contributed by atoms with Gasteiger partial charge in [-0.15, -0.1) is 0 Å². The van der Waals surface area contributed by atoms with Crippen LogP contribution in [0.4, 0.5) is 11.4 Å². The number of fused-ring (bicyclic) bond motifs is 1. The van der Waals surface area contributed by atoms with Gasteiger partial charge in [-0.05, 0) is 13.0 Å². The lowest BCUT2D eigenvalue weighted by Gasteiger charge is -2.24. The van der Waals surface area contributed by atoms with Crippen LogP contribution in [0.2, 0.25) is 0 Å². The average molecular weight is 305 g/mol. The molecule has 7 nitrogen and oxygen atoms in total. The van der Waals surface area contributed by atoms with Gasteiger partial charge in [0, 0.05) is 43.5 Å². The van der Waals surface area contributed by atoms with Crippen LogP contribution in [0.15, 0.2) is 24.3 Å². The number of aromatic nitrogens is 1. The number of pyridine rings is 1. The van der Waals surface area contributed by atoms with Gasteiger partial charge in [0.05, 0.1) is 17.6 Å². The highest BCUT2D eigenvalue weighted by Gasteiger charge is 2.18. The minimum Gasteiger partial charge on any atom is -0.389 e. The molecule has 0 unspecified atom stereocenters. The standard InChI is InChI=1S/C15H19N3O4/c1-10-7-14(17(2)8-11(19)9-22-3)12-5-4-6-13(18(20)21)15(12)16-10/h4-7,11,19H,8-9H2,1-3H3/t11-/m0/s1. The summed E-state index contributed by atoms with van der Waals surface area (Å²) in [6, 6.07) is 6.73. The SMILES string of the molecule is COC[C@@H](O)CN(C)c1cc(C)nc2c([N+](=O)[O-])cccc12. The van der Waals surface area contributed by atoms with Gasteiger partial charge in [-0.1, -0.05) is 12.1 Å². The van der Waals surface area contributed by atoms with E-state index in [-0.39, 0.29) is 12.3 Å². The molecule has 7 heteroatoms. The van der Waals surface area contributed by atoms with E-state index in [0.29, 0.717) is 23.1 Å². The van der Waals surface area contributed by atoms with Crippen LogP contribution in [0.1, 0.15) is 5.69 Å². The molecular weight excluding hydrogens is 286 g/mol. The number of methoxy groups -OCH3 is 1. The first-order valence-electron chi connectivity index (χ1n) is 6.87. The van der Waals surface area contributed by atoms with E-state index in [0.717, 1.165) is 5.69 Å². The van der Waals surface area contributed by atoms with Gasteiger partial charge in [0.15, 0.2) is 5.52 Å². The molecule has 118 valence electrons. The summed E-state index contributed by atoms with van der Waals surface area (Å²) in [6.45, 7) is 2.38. The van der Waals surface area contributed by atoms with E-state index in [1.165, 1.54) is 13.2 Å². The summed E-state index contributed by atoms with van der Waals surface area (Å²) in [5.41, 5.74) is 1.81. The van der Waals surface area contributed by atoms with Crippen LogP contribution in [0.25, 0.3) is 10.9 Å². The molecule has 0 spiro atoms. The van der Waals surface area contributed by atoms with E-state index in [9.17, 15) is 15.2 Å². The second-order valence-corrected chi connectivity index (χ2v) is 5.20. The average Bonchev–Trinajstić information content (AvgIpc) is 2.45. The molecule has 0 saturated heterocycles. The van der Waals surface area contributed by atoms with Crippen LogP contribution in [0.5, 0.6) is 0 Å². The van der Waals surface area contributed by atoms with Crippen LogP contribution in [0, 0.1) is 17.0 Å². The Morgan fingerprint density at radius 1 is 1.50 bits per heavy atom. The van der Waals surface area contributed by atoms with E-state index in [4.69, 9.17) is 4.74 Å². The topological polar surface area (TPSA) is 88.7 Å². The van der Waals surface area contributed by atoms with Gasteiger partial charge < -0.3 is 14.7 Å². The number of hydrogen-bond acceptors (Lipinski definition) is 6. The quantitative estimate of drug-likeness (QED) is 0.647. The first-order chi connectivity index (χ1) is 10.4. The molecule has 0 amide bonds. The number of aliphatic hydroxyl groups excluding tert-OH is 1. The number of anilines is 1. The van der Waals surface area contributed by atoms with E-state index in [1.807, 2.05) is 18.0 Å². The molecule has 0 saturated carbocycles. The molecule has 22 heavy (non-hydrogen) atoms. The Kier molecular flexibility index (Phi) is 4.89. The van der Waals surface area contributed by atoms with Crippen molar-refractivity contribution < 1.29 is 14.8 Å². The number of hydrogen-bond donors (Lipinski definition) is 1. The Balaban J connectivity index is 2.50. The van der Waals surface area contributed by atoms with Crippen molar-refractivity contribution >= 4 is 22.3 Å². The minimum absolute atomic E-state index is 0.0201. The van der Waals surface area contributed by atoms with Gasteiger partial charge in [-0.25, -0.2) is 4.98 Å². The highest BCUT2D eigenvalue weighted by atomic mass is 16.6. The minimum atomic E-state index is -0.641. The first-order valence-corrected chi connectivity index (χ1v) is 6.87. The molecule has 1 aromatic heterocycles. The highest BCUT2D eigenvalue weighted by molar-refractivity contribution is 5.97. The third-order valence-electron chi connectivity index (χ3n) is 3.38. The fourth-order valence-corrected chi connectivity index (χ4v) is 2.46. The van der Waals surface area contributed by atoms with Gasteiger partial charge in [-0.2, -0.15) is 0 Å². The number of likely N-dealkylation sites (N-methyl/N-ethyl adjacent to an activating group) is 1. The highest BCUT2D eigenvalue weighted by Crippen LogP contribution is 2.31. The fourth-order valence-electron chi connectivity index (χ4n) is 2.46. The second-order valence-electron chi connectivity index (χ2n) is 5.20. The molecule has 0 aliphatic rings. The number of nitro benzene ring substituents is 1. The van der Waals surface area contributed by atoms with Crippen molar-refractivity contribution in [2.75, 3.05) is 32.2 Å². The molecule has 0 aliphatic carbocycles. The Morgan fingerprint density at radius 3 is 2.86 bits per heavy atom. The van der Waals surface area contributed by atoms with E-state index < -0.39 is 11.0 Å². The van der Waals surface area contributed by atoms with Crippen LogP contribution >= 0.6 is 0 Å². The molecule has 1 atom stereocenters. The summed E-state index contributed by atoms with van der Waals surface area (Å²) in [5, 5.41) is 21.7. The molecule has 1 aromatic carbocycles. The lowest BCUT2D eigenvalue weighted by atomic mass is 10.1.